The Hall–Kier alpha value is -1.36. The van der Waals surface area contributed by atoms with Crippen LogP contribution in [-0.2, 0) is 0 Å². The number of aryl methyl sites for hydroxylation is 1. The molecular formula is C10H17N5. The Kier molecular flexibility index (Phi) is 2.73. The number of anilines is 2. The molecule has 1 heterocycles. The quantitative estimate of drug-likeness (QED) is 0.512. The van der Waals surface area contributed by atoms with Crippen molar-refractivity contribution in [3.05, 3.63) is 11.8 Å². The summed E-state index contributed by atoms with van der Waals surface area (Å²) in [6, 6.07) is 2.52. The van der Waals surface area contributed by atoms with Crippen LogP contribution in [-0.4, -0.2) is 16.0 Å². The van der Waals surface area contributed by atoms with Crippen LogP contribution in [0.3, 0.4) is 0 Å². The first-order valence-corrected chi connectivity index (χ1v) is 5.31. The van der Waals surface area contributed by atoms with Gasteiger partial charge in [-0.3, -0.25) is 5.43 Å². The van der Waals surface area contributed by atoms with E-state index in [-0.39, 0.29) is 0 Å². The molecule has 2 unspecified atom stereocenters. The number of nitrogens with two attached hydrogens (primary N) is 1. The van der Waals surface area contributed by atoms with Gasteiger partial charge in [-0.2, -0.15) is 4.98 Å². The maximum Gasteiger partial charge on any atom is 0.239 e. The van der Waals surface area contributed by atoms with Crippen LogP contribution in [0.25, 0.3) is 0 Å². The third-order valence-corrected chi connectivity index (χ3v) is 2.76. The minimum absolute atomic E-state index is 0.464. The number of hydrogen-bond acceptors (Lipinski definition) is 5. The number of aromatic nitrogens is 2. The van der Waals surface area contributed by atoms with Crippen molar-refractivity contribution in [3.8, 4) is 0 Å². The van der Waals surface area contributed by atoms with Crippen LogP contribution in [0, 0.1) is 12.8 Å². The number of nitrogens with zero attached hydrogens (tertiary/aromatic N) is 2. The van der Waals surface area contributed by atoms with Gasteiger partial charge in [0, 0.05) is 17.8 Å². The Morgan fingerprint density at radius 1 is 1.53 bits per heavy atom. The molecule has 0 aromatic carbocycles. The van der Waals surface area contributed by atoms with Crippen LogP contribution in [0.2, 0.25) is 0 Å². The first-order chi connectivity index (χ1) is 7.22. The third-order valence-electron chi connectivity index (χ3n) is 2.76. The predicted molar refractivity (Wildman–Crippen MR) is 60.4 cm³/mol. The van der Waals surface area contributed by atoms with Gasteiger partial charge in [-0.05, 0) is 19.3 Å². The zero-order valence-electron chi connectivity index (χ0n) is 9.12. The summed E-state index contributed by atoms with van der Waals surface area (Å²) in [5.41, 5.74) is 3.38. The molecule has 1 fully saturated rings. The molecule has 2 rings (SSSR count). The molecule has 5 heteroatoms. The Morgan fingerprint density at radius 2 is 2.33 bits per heavy atom. The van der Waals surface area contributed by atoms with Crippen molar-refractivity contribution in [3.63, 3.8) is 0 Å². The molecule has 2 atom stereocenters. The number of nitrogen functional groups attached to an aromatic ring is 1. The number of rotatable bonds is 4. The monoisotopic (exact) mass is 207 g/mol. The SMILES string of the molecule is CCC1CC1Nc1cc(C)nc(NN)n1. The molecule has 15 heavy (non-hydrogen) atoms. The van der Waals surface area contributed by atoms with E-state index in [1.54, 1.807) is 0 Å². The van der Waals surface area contributed by atoms with Gasteiger partial charge in [0.25, 0.3) is 0 Å². The highest BCUT2D eigenvalue weighted by Crippen LogP contribution is 2.35. The van der Waals surface area contributed by atoms with E-state index in [2.05, 4.69) is 27.6 Å². The van der Waals surface area contributed by atoms with Crippen LogP contribution in [0.15, 0.2) is 6.07 Å². The molecule has 1 aromatic heterocycles. The smallest absolute Gasteiger partial charge is 0.239 e. The fourth-order valence-electron chi connectivity index (χ4n) is 1.77. The predicted octanol–water partition coefficient (Wildman–Crippen LogP) is 1.28. The van der Waals surface area contributed by atoms with E-state index in [4.69, 9.17) is 5.84 Å². The maximum absolute atomic E-state index is 5.28. The first-order valence-electron chi connectivity index (χ1n) is 5.31. The van der Waals surface area contributed by atoms with Crippen molar-refractivity contribution in [2.75, 3.05) is 10.7 Å². The molecule has 82 valence electrons. The zero-order valence-corrected chi connectivity index (χ0v) is 9.12. The van der Waals surface area contributed by atoms with Crippen molar-refractivity contribution in [2.24, 2.45) is 11.8 Å². The summed E-state index contributed by atoms with van der Waals surface area (Å²) >= 11 is 0. The van der Waals surface area contributed by atoms with Crippen molar-refractivity contribution < 1.29 is 0 Å². The van der Waals surface area contributed by atoms with E-state index in [0.29, 0.717) is 12.0 Å². The topological polar surface area (TPSA) is 75.9 Å². The molecular weight excluding hydrogens is 190 g/mol. The number of nitrogens with one attached hydrogen (secondary N) is 2. The van der Waals surface area contributed by atoms with Gasteiger partial charge >= 0.3 is 0 Å². The van der Waals surface area contributed by atoms with Gasteiger partial charge in [-0.25, -0.2) is 10.8 Å². The van der Waals surface area contributed by atoms with Gasteiger partial charge in [0.05, 0.1) is 0 Å². The van der Waals surface area contributed by atoms with Crippen LogP contribution < -0.4 is 16.6 Å². The van der Waals surface area contributed by atoms with E-state index in [0.717, 1.165) is 17.4 Å². The second-order valence-electron chi connectivity index (χ2n) is 4.02. The average molecular weight is 207 g/mol. The highest BCUT2D eigenvalue weighted by atomic mass is 15.3. The summed E-state index contributed by atoms with van der Waals surface area (Å²) in [4.78, 5) is 8.37. The lowest BCUT2D eigenvalue weighted by Crippen LogP contribution is -2.13. The summed E-state index contributed by atoms with van der Waals surface area (Å²) in [6.07, 6.45) is 2.47. The molecule has 1 aromatic rings. The van der Waals surface area contributed by atoms with Gasteiger partial charge in [-0.15, -0.1) is 0 Å². The highest BCUT2D eigenvalue weighted by molar-refractivity contribution is 5.43. The molecule has 0 spiro atoms. The van der Waals surface area contributed by atoms with Crippen LogP contribution in [0.4, 0.5) is 11.8 Å². The molecule has 4 N–H and O–H groups in total. The van der Waals surface area contributed by atoms with Crippen molar-refractivity contribution in [1.82, 2.24) is 9.97 Å². The Balaban J connectivity index is 2.05. The molecule has 0 aliphatic heterocycles. The minimum atomic E-state index is 0.464. The second-order valence-corrected chi connectivity index (χ2v) is 4.02. The van der Waals surface area contributed by atoms with Crippen molar-refractivity contribution >= 4 is 11.8 Å². The summed E-state index contributed by atoms with van der Waals surface area (Å²) in [5, 5.41) is 3.39. The van der Waals surface area contributed by atoms with E-state index in [1.165, 1.54) is 12.8 Å². The average Bonchev–Trinajstić information content (AvgIpc) is 2.95. The lowest BCUT2D eigenvalue weighted by Gasteiger charge is -2.07. The van der Waals surface area contributed by atoms with Gasteiger partial charge in [0.1, 0.15) is 5.82 Å². The van der Waals surface area contributed by atoms with Crippen LogP contribution in [0.1, 0.15) is 25.5 Å². The number of hydrogen-bond donors (Lipinski definition) is 3. The standard InChI is InChI=1S/C10H17N5/c1-3-7-5-8(7)13-9-4-6(2)12-10(14-9)15-11/h4,7-8H,3,5,11H2,1-2H3,(H2,12,13,14,15). The van der Waals surface area contributed by atoms with Gasteiger partial charge in [0.2, 0.25) is 5.95 Å². The molecule has 0 bridgehead atoms. The molecule has 5 nitrogen and oxygen atoms in total. The Morgan fingerprint density at radius 3 is 2.93 bits per heavy atom. The molecule has 0 amide bonds. The van der Waals surface area contributed by atoms with Gasteiger partial charge < -0.3 is 5.32 Å². The van der Waals surface area contributed by atoms with Crippen LogP contribution >= 0.6 is 0 Å². The van der Waals surface area contributed by atoms with Crippen LogP contribution in [0.5, 0.6) is 0 Å². The summed E-state index contributed by atoms with van der Waals surface area (Å²) in [5.74, 6) is 7.41. The van der Waals surface area contributed by atoms with Crippen molar-refractivity contribution in [1.29, 1.82) is 0 Å². The lowest BCUT2D eigenvalue weighted by molar-refractivity contribution is 0.773. The largest absolute Gasteiger partial charge is 0.367 e. The summed E-state index contributed by atoms with van der Waals surface area (Å²) < 4.78 is 0. The second kappa shape index (κ2) is 4.02. The minimum Gasteiger partial charge on any atom is -0.367 e. The fourth-order valence-corrected chi connectivity index (χ4v) is 1.77. The zero-order chi connectivity index (χ0) is 10.8. The van der Waals surface area contributed by atoms with E-state index < -0.39 is 0 Å². The third kappa shape index (κ3) is 2.36. The molecule has 0 saturated heterocycles. The van der Waals surface area contributed by atoms with Gasteiger partial charge in [-0.1, -0.05) is 13.3 Å². The molecule has 1 aliphatic carbocycles. The summed E-state index contributed by atoms with van der Waals surface area (Å²) in [6.45, 7) is 4.14. The number of hydrazine groups is 1. The first kappa shape index (κ1) is 10.2. The Bertz CT molecular complexity index is 352. The maximum atomic E-state index is 5.28. The van der Waals surface area contributed by atoms with E-state index in [9.17, 15) is 0 Å². The molecule has 0 radical (unpaired) electrons. The highest BCUT2D eigenvalue weighted by Gasteiger charge is 2.35. The molecule has 1 aliphatic rings. The molecule has 1 saturated carbocycles. The summed E-state index contributed by atoms with van der Waals surface area (Å²) in [7, 11) is 0. The van der Waals surface area contributed by atoms with E-state index in [1.807, 2.05) is 13.0 Å². The Labute approximate surface area is 89.5 Å². The van der Waals surface area contributed by atoms with E-state index >= 15 is 0 Å². The fraction of sp³-hybridized carbons (Fsp3) is 0.600. The lowest BCUT2D eigenvalue weighted by atomic mass is 10.3. The van der Waals surface area contributed by atoms with Gasteiger partial charge in [0.15, 0.2) is 0 Å². The normalized spacial score (nSPS) is 23.7. The van der Waals surface area contributed by atoms with Crippen molar-refractivity contribution in [2.45, 2.75) is 32.7 Å².